The van der Waals surface area contributed by atoms with Crippen molar-refractivity contribution in [3.63, 3.8) is 0 Å². The zero-order valence-corrected chi connectivity index (χ0v) is 18.3. The highest BCUT2D eigenvalue weighted by molar-refractivity contribution is 5.98. The lowest BCUT2D eigenvalue weighted by atomic mass is 10.1. The number of carbonyl (C=O) groups excluding carboxylic acids is 4. The van der Waals surface area contributed by atoms with E-state index in [1.807, 2.05) is 0 Å². The minimum Gasteiger partial charge on any atom is -0.341 e. The molecule has 16 nitrogen and oxygen atoms in total. The van der Waals surface area contributed by atoms with Crippen molar-refractivity contribution in [1.82, 2.24) is 21.3 Å². The summed E-state index contributed by atoms with van der Waals surface area (Å²) >= 11 is 0. The van der Waals surface area contributed by atoms with Gasteiger partial charge in [-0.1, -0.05) is 12.1 Å². The molecule has 2 atom stereocenters. The second kappa shape index (κ2) is 11.2. The zero-order chi connectivity index (χ0) is 26.2. The number of nitrogens with zero attached hydrogens (tertiary/aromatic N) is 2. The molecule has 0 bridgehead atoms. The lowest BCUT2D eigenvalue weighted by molar-refractivity contribution is -0.385. The van der Waals surface area contributed by atoms with E-state index in [2.05, 4.69) is 31.9 Å². The van der Waals surface area contributed by atoms with E-state index in [1.165, 1.54) is 36.4 Å². The Balaban J connectivity index is 1.44. The van der Waals surface area contributed by atoms with Crippen LogP contribution in [0.1, 0.15) is 0 Å². The number of nitro benzene ring substituents is 2. The van der Waals surface area contributed by atoms with E-state index in [1.54, 1.807) is 0 Å². The van der Waals surface area contributed by atoms with Gasteiger partial charge in [-0.3, -0.25) is 29.8 Å². The molecular weight excluding hydrogens is 480 g/mol. The maximum atomic E-state index is 12.3. The van der Waals surface area contributed by atoms with Gasteiger partial charge in [0.05, 0.1) is 9.85 Å². The van der Waals surface area contributed by atoms with Crippen LogP contribution in [0.2, 0.25) is 0 Å². The van der Waals surface area contributed by atoms with Crippen LogP contribution in [0.5, 0.6) is 0 Å². The van der Waals surface area contributed by atoms with Gasteiger partial charge in [0.15, 0.2) is 0 Å². The van der Waals surface area contributed by atoms with Gasteiger partial charge in [-0.15, -0.1) is 0 Å². The predicted octanol–water partition coefficient (Wildman–Crippen LogP) is 0.429. The second-order valence-corrected chi connectivity index (χ2v) is 7.41. The van der Waals surface area contributed by atoms with E-state index < -0.39 is 45.8 Å². The molecule has 0 aromatic heterocycles. The smallest absolute Gasteiger partial charge is 0.319 e. The van der Waals surface area contributed by atoms with E-state index in [0.29, 0.717) is 0 Å². The van der Waals surface area contributed by atoms with Crippen molar-refractivity contribution in [3.8, 4) is 0 Å². The molecule has 1 aliphatic heterocycles. The Morgan fingerprint density at radius 1 is 0.750 bits per heavy atom. The van der Waals surface area contributed by atoms with Crippen molar-refractivity contribution in [3.05, 3.63) is 68.8 Å². The Hall–Kier alpha value is -5.28. The molecule has 2 unspecified atom stereocenters. The standard InChI is InChI=1S/C20H20N8O8/c29-17-15(9-21-19(31)23-11-3-1-5-13(7-11)27(33)34)25-18(30)16(26-17)10-22-20(32)24-12-4-2-6-14(8-12)28(35)36/h1-8,15-16H,9-10H2,(H,25,30)(H,26,29)(H2,21,23,31)(H2,22,24,32). The number of nitrogens with one attached hydrogen (secondary N) is 6. The van der Waals surface area contributed by atoms with Crippen molar-refractivity contribution in [1.29, 1.82) is 0 Å². The average Bonchev–Trinajstić information content (AvgIpc) is 2.83. The number of urea groups is 2. The molecule has 1 aliphatic rings. The molecular formula is C20H20N8O8. The lowest BCUT2D eigenvalue weighted by Gasteiger charge is -2.29. The van der Waals surface area contributed by atoms with Crippen LogP contribution in [0.4, 0.5) is 32.3 Å². The van der Waals surface area contributed by atoms with Gasteiger partial charge in [-0.05, 0) is 12.1 Å². The highest BCUT2D eigenvalue weighted by atomic mass is 16.6. The van der Waals surface area contributed by atoms with Gasteiger partial charge < -0.3 is 31.9 Å². The molecule has 0 aliphatic carbocycles. The number of hydrogen-bond acceptors (Lipinski definition) is 8. The van der Waals surface area contributed by atoms with Gasteiger partial charge in [0.25, 0.3) is 11.4 Å². The Bertz CT molecular complexity index is 1130. The summed E-state index contributed by atoms with van der Waals surface area (Å²) in [5, 5.41) is 36.0. The van der Waals surface area contributed by atoms with Gasteiger partial charge in [-0.25, -0.2) is 9.59 Å². The third-order valence-electron chi connectivity index (χ3n) is 4.83. The zero-order valence-electron chi connectivity index (χ0n) is 18.3. The summed E-state index contributed by atoms with van der Waals surface area (Å²) in [5.41, 5.74) is -0.114. The first-order valence-electron chi connectivity index (χ1n) is 10.3. The van der Waals surface area contributed by atoms with Crippen molar-refractivity contribution in [2.24, 2.45) is 0 Å². The van der Waals surface area contributed by atoms with Crippen LogP contribution in [0.25, 0.3) is 0 Å². The minimum absolute atomic E-state index is 0.161. The molecule has 188 valence electrons. The first-order valence-corrected chi connectivity index (χ1v) is 10.3. The van der Waals surface area contributed by atoms with Crippen LogP contribution in [-0.4, -0.2) is 58.9 Å². The molecule has 2 aromatic carbocycles. The third-order valence-corrected chi connectivity index (χ3v) is 4.83. The normalized spacial score (nSPS) is 16.7. The number of amides is 6. The SMILES string of the molecule is O=C(NCC1NC(=O)C(CNC(=O)Nc2cccc([N+](=O)[O-])c2)NC1=O)Nc1cccc([N+](=O)[O-])c1. The monoisotopic (exact) mass is 500 g/mol. The van der Waals surface area contributed by atoms with E-state index in [4.69, 9.17) is 0 Å². The molecule has 0 saturated carbocycles. The first kappa shape index (κ1) is 25.3. The predicted molar refractivity (Wildman–Crippen MR) is 124 cm³/mol. The summed E-state index contributed by atoms with van der Waals surface area (Å²) < 4.78 is 0. The maximum absolute atomic E-state index is 12.3. The van der Waals surface area contributed by atoms with Gasteiger partial charge in [-0.2, -0.15) is 0 Å². The Morgan fingerprint density at radius 3 is 1.50 bits per heavy atom. The van der Waals surface area contributed by atoms with Crippen molar-refractivity contribution in [2.75, 3.05) is 23.7 Å². The molecule has 1 saturated heterocycles. The summed E-state index contributed by atoms with van der Waals surface area (Å²) in [6, 6.07) is 6.79. The van der Waals surface area contributed by atoms with Gasteiger partial charge >= 0.3 is 12.1 Å². The van der Waals surface area contributed by atoms with Crippen molar-refractivity contribution in [2.45, 2.75) is 12.1 Å². The fourth-order valence-electron chi connectivity index (χ4n) is 3.10. The fourth-order valence-corrected chi connectivity index (χ4v) is 3.10. The molecule has 1 fully saturated rings. The molecule has 6 N–H and O–H groups in total. The summed E-state index contributed by atoms with van der Waals surface area (Å²) in [6.07, 6.45) is 0. The molecule has 2 aromatic rings. The van der Waals surface area contributed by atoms with Crippen LogP contribution < -0.4 is 31.9 Å². The molecule has 0 radical (unpaired) electrons. The number of non-ortho nitro benzene ring substituents is 2. The summed E-state index contributed by atoms with van der Waals surface area (Å²) in [4.78, 5) is 69.1. The maximum Gasteiger partial charge on any atom is 0.319 e. The van der Waals surface area contributed by atoms with Crippen LogP contribution >= 0.6 is 0 Å². The quantitative estimate of drug-likeness (QED) is 0.219. The van der Waals surface area contributed by atoms with E-state index in [9.17, 15) is 39.4 Å². The molecule has 0 spiro atoms. The minimum atomic E-state index is -1.09. The molecule has 3 rings (SSSR count). The number of piperazine rings is 1. The molecule has 36 heavy (non-hydrogen) atoms. The lowest BCUT2D eigenvalue weighted by Crippen LogP contribution is -2.66. The number of benzene rings is 2. The Labute approximate surface area is 202 Å². The average molecular weight is 500 g/mol. The van der Waals surface area contributed by atoms with Gasteiger partial charge in [0, 0.05) is 48.7 Å². The topological polar surface area (TPSA) is 227 Å². The van der Waals surface area contributed by atoms with Crippen LogP contribution in [0, 0.1) is 20.2 Å². The summed E-state index contributed by atoms with van der Waals surface area (Å²) in [7, 11) is 0. The highest BCUT2D eigenvalue weighted by Crippen LogP contribution is 2.17. The number of carbonyl (C=O) groups is 4. The molecule has 6 amide bonds. The number of nitro groups is 2. The highest BCUT2D eigenvalue weighted by Gasteiger charge is 2.33. The van der Waals surface area contributed by atoms with Gasteiger partial charge in [0.2, 0.25) is 11.8 Å². The van der Waals surface area contributed by atoms with Crippen molar-refractivity contribution >= 4 is 46.6 Å². The van der Waals surface area contributed by atoms with Crippen LogP contribution in [-0.2, 0) is 9.59 Å². The number of rotatable bonds is 8. The molecule has 1 heterocycles. The van der Waals surface area contributed by atoms with E-state index in [-0.39, 0.29) is 35.8 Å². The largest absolute Gasteiger partial charge is 0.341 e. The van der Waals surface area contributed by atoms with Crippen molar-refractivity contribution < 1.29 is 29.0 Å². The Kier molecular flexibility index (Phi) is 7.91. The summed E-state index contributed by atoms with van der Waals surface area (Å²) in [6.45, 7) is -0.544. The number of hydrogen-bond donors (Lipinski definition) is 6. The van der Waals surface area contributed by atoms with Crippen LogP contribution in [0.3, 0.4) is 0 Å². The third kappa shape index (κ3) is 6.86. The van der Waals surface area contributed by atoms with E-state index >= 15 is 0 Å². The van der Waals surface area contributed by atoms with Crippen LogP contribution in [0.15, 0.2) is 48.5 Å². The summed E-state index contributed by atoms with van der Waals surface area (Å²) in [5.74, 6) is -1.23. The Morgan fingerprint density at radius 2 is 1.14 bits per heavy atom. The van der Waals surface area contributed by atoms with E-state index in [0.717, 1.165) is 12.1 Å². The fraction of sp³-hybridized carbons (Fsp3) is 0.200. The number of anilines is 2. The van der Waals surface area contributed by atoms with Gasteiger partial charge in [0.1, 0.15) is 12.1 Å². The first-order chi connectivity index (χ1) is 17.1. The molecule has 16 heteroatoms. The second-order valence-electron chi connectivity index (χ2n) is 7.41.